The Hall–Kier alpha value is -1.97. The van der Waals surface area contributed by atoms with Crippen LogP contribution in [0.1, 0.15) is 16.7 Å². The zero-order chi connectivity index (χ0) is 17.8. The van der Waals surface area contributed by atoms with Gasteiger partial charge in [0.25, 0.3) is 0 Å². The van der Waals surface area contributed by atoms with Crippen molar-refractivity contribution in [2.24, 2.45) is 5.73 Å². The molecule has 1 rings (SSSR count). The second-order valence-electron chi connectivity index (χ2n) is 4.78. The molecule has 3 N–H and O–H groups in total. The SMILES string of the molecule is CN(CCN)C(=O)NCc1cc(C(F)(F)F)cc(C(F)(F)F)c1. The zero-order valence-electron chi connectivity index (χ0n) is 12.1. The molecule has 0 heterocycles. The number of nitrogens with one attached hydrogen (secondary N) is 1. The fourth-order valence-corrected chi connectivity index (χ4v) is 1.73. The van der Waals surface area contributed by atoms with E-state index in [-0.39, 0.29) is 24.7 Å². The van der Waals surface area contributed by atoms with Gasteiger partial charge in [-0.05, 0) is 23.8 Å². The number of hydrogen-bond donors (Lipinski definition) is 2. The highest BCUT2D eigenvalue weighted by atomic mass is 19.4. The van der Waals surface area contributed by atoms with Gasteiger partial charge in [-0.15, -0.1) is 0 Å². The number of urea groups is 1. The maximum atomic E-state index is 12.7. The van der Waals surface area contributed by atoms with Gasteiger partial charge in [-0.3, -0.25) is 0 Å². The number of alkyl halides is 6. The predicted molar refractivity (Wildman–Crippen MR) is 70.4 cm³/mol. The monoisotopic (exact) mass is 343 g/mol. The number of benzene rings is 1. The number of carbonyl (C=O) groups excluding carboxylic acids is 1. The summed E-state index contributed by atoms with van der Waals surface area (Å²) in [7, 11) is 1.40. The van der Waals surface area contributed by atoms with E-state index in [1.807, 2.05) is 0 Å². The minimum Gasteiger partial charge on any atom is -0.334 e. The van der Waals surface area contributed by atoms with Crippen molar-refractivity contribution < 1.29 is 31.1 Å². The predicted octanol–water partition coefficient (Wildman–Crippen LogP) is 2.82. The second kappa shape index (κ2) is 7.07. The Morgan fingerprint density at radius 3 is 1.96 bits per heavy atom. The van der Waals surface area contributed by atoms with Gasteiger partial charge in [0.2, 0.25) is 0 Å². The molecule has 4 nitrogen and oxygen atoms in total. The van der Waals surface area contributed by atoms with E-state index in [0.29, 0.717) is 12.1 Å². The lowest BCUT2D eigenvalue weighted by atomic mass is 10.0. The Bertz CT molecular complexity index is 523. The molecular weight excluding hydrogens is 328 g/mol. The lowest BCUT2D eigenvalue weighted by molar-refractivity contribution is -0.143. The van der Waals surface area contributed by atoms with Gasteiger partial charge in [0.15, 0.2) is 0 Å². The maximum absolute atomic E-state index is 12.7. The summed E-state index contributed by atoms with van der Waals surface area (Å²) < 4.78 is 76.1. The number of amides is 2. The van der Waals surface area contributed by atoms with Crippen molar-refractivity contribution in [3.63, 3.8) is 0 Å². The van der Waals surface area contributed by atoms with Crippen molar-refractivity contribution in [2.75, 3.05) is 20.1 Å². The molecule has 0 aromatic heterocycles. The molecule has 0 saturated heterocycles. The zero-order valence-corrected chi connectivity index (χ0v) is 12.1. The van der Waals surface area contributed by atoms with E-state index in [1.165, 1.54) is 7.05 Å². The van der Waals surface area contributed by atoms with Crippen LogP contribution in [0.3, 0.4) is 0 Å². The first-order valence-electron chi connectivity index (χ1n) is 6.42. The van der Waals surface area contributed by atoms with E-state index in [2.05, 4.69) is 5.32 Å². The van der Waals surface area contributed by atoms with Crippen LogP contribution >= 0.6 is 0 Å². The highest BCUT2D eigenvalue weighted by molar-refractivity contribution is 5.73. The first-order valence-corrected chi connectivity index (χ1v) is 6.42. The molecular formula is C13H15F6N3O. The van der Waals surface area contributed by atoms with Gasteiger partial charge in [-0.1, -0.05) is 0 Å². The highest BCUT2D eigenvalue weighted by Crippen LogP contribution is 2.36. The van der Waals surface area contributed by atoms with Gasteiger partial charge >= 0.3 is 18.4 Å². The van der Waals surface area contributed by atoms with Crippen LogP contribution in [0.5, 0.6) is 0 Å². The van der Waals surface area contributed by atoms with Gasteiger partial charge in [0, 0.05) is 26.7 Å². The van der Waals surface area contributed by atoms with Crippen LogP contribution in [0.25, 0.3) is 0 Å². The number of likely N-dealkylation sites (N-methyl/N-ethyl adjacent to an activating group) is 1. The van der Waals surface area contributed by atoms with Crippen molar-refractivity contribution in [1.82, 2.24) is 10.2 Å². The van der Waals surface area contributed by atoms with Gasteiger partial charge in [-0.25, -0.2) is 4.79 Å². The van der Waals surface area contributed by atoms with Crippen molar-refractivity contribution in [3.8, 4) is 0 Å². The molecule has 0 radical (unpaired) electrons. The first-order chi connectivity index (χ1) is 10.4. The van der Waals surface area contributed by atoms with Crippen LogP contribution in [0.15, 0.2) is 18.2 Å². The van der Waals surface area contributed by atoms with E-state index in [4.69, 9.17) is 5.73 Å². The third-order valence-electron chi connectivity index (χ3n) is 2.90. The summed E-state index contributed by atoms with van der Waals surface area (Å²) in [6.07, 6.45) is -9.84. The average Bonchev–Trinajstić information content (AvgIpc) is 2.42. The molecule has 2 amide bonds. The number of hydrogen-bond acceptors (Lipinski definition) is 2. The molecule has 0 spiro atoms. The van der Waals surface area contributed by atoms with E-state index >= 15 is 0 Å². The molecule has 23 heavy (non-hydrogen) atoms. The average molecular weight is 343 g/mol. The van der Waals surface area contributed by atoms with Crippen LogP contribution in [0.4, 0.5) is 31.1 Å². The molecule has 1 aromatic carbocycles. The number of carbonyl (C=O) groups is 1. The highest BCUT2D eigenvalue weighted by Gasteiger charge is 2.36. The van der Waals surface area contributed by atoms with E-state index < -0.39 is 36.1 Å². The molecule has 0 aliphatic rings. The van der Waals surface area contributed by atoms with Gasteiger partial charge in [-0.2, -0.15) is 26.3 Å². The summed E-state index contributed by atoms with van der Waals surface area (Å²) in [5.41, 5.74) is 2.09. The van der Waals surface area contributed by atoms with Crippen molar-refractivity contribution in [3.05, 3.63) is 34.9 Å². The molecule has 0 fully saturated rings. The minimum absolute atomic E-state index is 0.0336. The molecule has 10 heteroatoms. The second-order valence-corrected chi connectivity index (χ2v) is 4.78. The Labute approximate surface area is 128 Å². The fraction of sp³-hybridized carbons (Fsp3) is 0.462. The summed E-state index contributed by atoms with van der Waals surface area (Å²) >= 11 is 0. The Morgan fingerprint density at radius 1 is 1.09 bits per heavy atom. The minimum atomic E-state index is -4.92. The summed E-state index contributed by atoms with van der Waals surface area (Å²) in [4.78, 5) is 12.7. The van der Waals surface area contributed by atoms with Gasteiger partial charge in [0.1, 0.15) is 0 Å². The Balaban J connectivity index is 3.00. The lowest BCUT2D eigenvalue weighted by Crippen LogP contribution is -2.39. The Kier molecular flexibility index (Phi) is 5.86. The van der Waals surface area contributed by atoms with Crippen molar-refractivity contribution in [1.29, 1.82) is 0 Å². The van der Waals surface area contributed by atoms with Crippen LogP contribution in [-0.4, -0.2) is 31.1 Å². The van der Waals surface area contributed by atoms with E-state index in [9.17, 15) is 31.1 Å². The number of rotatable bonds is 4. The quantitative estimate of drug-likeness (QED) is 0.826. The van der Waals surface area contributed by atoms with E-state index in [0.717, 1.165) is 4.90 Å². The molecule has 0 unspecified atom stereocenters. The fourth-order valence-electron chi connectivity index (χ4n) is 1.73. The third kappa shape index (κ3) is 5.62. The van der Waals surface area contributed by atoms with Crippen LogP contribution in [0, 0.1) is 0 Å². The summed E-state index contributed by atoms with van der Waals surface area (Å²) in [6, 6.07) is 0.518. The number of nitrogens with two attached hydrogens (primary N) is 1. The topological polar surface area (TPSA) is 58.4 Å². The molecule has 0 bridgehead atoms. The summed E-state index contributed by atoms with van der Waals surface area (Å²) in [5.74, 6) is 0. The third-order valence-corrected chi connectivity index (χ3v) is 2.90. The van der Waals surface area contributed by atoms with Crippen LogP contribution in [0.2, 0.25) is 0 Å². The van der Waals surface area contributed by atoms with Crippen LogP contribution in [-0.2, 0) is 18.9 Å². The van der Waals surface area contributed by atoms with Crippen molar-refractivity contribution in [2.45, 2.75) is 18.9 Å². The Morgan fingerprint density at radius 2 is 1.57 bits per heavy atom. The largest absolute Gasteiger partial charge is 0.416 e. The summed E-state index contributed by atoms with van der Waals surface area (Å²) in [5, 5.41) is 2.24. The lowest BCUT2D eigenvalue weighted by Gasteiger charge is -2.18. The standard InChI is InChI=1S/C13H15F6N3O/c1-22(3-2-20)11(23)21-7-8-4-9(12(14,15)16)6-10(5-8)13(17,18)19/h4-6H,2-3,7,20H2,1H3,(H,21,23). The van der Waals surface area contributed by atoms with E-state index in [1.54, 1.807) is 0 Å². The smallest absolute Gasteiger partial charge is 0.334 e. The molecule has 0 atom stereocenters. The molecule has 0 saturated carbocycles. The molecule has 1 aromatic rings. The van der Waals surface area contributed by atoms with Gasteiger partial charge in [0.05, 0.1) is 11.1 Å². The first kappa shape index (κ1) is 19.1. The molecule has 0 aliphatic carbocycles. The maximum Gasteiger partial charge on any atom is 0.416 e. The van der Waals surface area contributed by atoms with Crippen LogP contribution < -0.4 is 11.1 Å². The van der Waals surface area contributed by atoms with Gasteiger partial charge < -0.3 is 16.0 Å². The summed E-state index contributed by atoms with van der Waals surface area (Å²) in [6.45, 7) is -0.103. The normalized spacial score (nSPS) is 12.2. The number of halogens is 6. The molecule has 130 valence electrons. The number of nitrogens with zero attached hydrogens (tertiary/aromatic N) is 1. The molecule has 0 aliphatic heterocycles. The van der Waals surface area contributed by atoms with Crippen molar-refractivity contribution >= 4 is 6.03 Å².